The topological polar surface area (TPSA) is 151 Å². The highest BCUT2D eigenvalue weighted by atomic mass is 35.5. The van der Waals surface area contributed by atoms with Crippen molar-refractivity contribution in [2.24, 2.45) is 0 Å². The number of carbonyl (C=O) groups excluding carboxylic acids is 1. The number of aliphatic carboxylic acids is 1. The average molecular weight is 754 g/mol. The lowest BCUT2D eigenvalue weighted by molar-refractivity contribution is -0.141. The van der Waals surface area contributed by atoms with E-state index in [-0.39, 0.29) is 30.1 Å². The summed E-state index contributed by atoms with van der Waals surface area (Å²) >= 11 is 7.10. The fourth-order valence-corrected chi connectivity index (χ4v) is 7.19. The van der Waals surface area contributed by atoms with Gasteiger partial charge >= 0.3 is 12.1 Å². The molecule has 16 heteroatoms. The fourth-order valence-electron chi connectivity index (χ4n) is 6.86. The summed E-state index contributed by atoms with van der Waals surface area (Å²) in [7, 11) is 4.28. The minimum absolute atomic E-state index is 0.0647. The minimum atomic E-state index is -4.85. The van der Waals surface area contributed by atoms with E-state index in [9.17, 15) is 22.8 Å². The van der Waals surface area contributed by atoms with Gasteiger partial charge in [-0.05, 0) is 49.1 Å². The molecular weight excluding hydrogens is 715 g/mol. The summed E-state index contributed by atoms with van der Waals surface area (Å²) in [6.45, 7) is 0.513. The maximum absolute atomic E-state index is 14.3. The Bertz CT molecular complexity index is 2010. The highest BCUT2D eigenvalue weighted by Crippen LogP contribution is 2.44. The van der Waals surface area contributed by atoms with Crippen LogP contribution in [0.2, 0.25) is 5.02 Å². The molecule has 2 aromatic heterocycles. The van der Waals surface area contributed by atoms with Crippen molar-refractivity contribution in [3.8, 4) is 34.1 Å². The Kier molecular flexibility index (Phi) is 11.4. The Morgan fingerprint density at radius 3 is 2.43 bits per heavy atom. The lowest BCUT2D eigenvalue weighted by Gasteiger charge is -2.22. The molecule has 4 aromatic rings. The van der Waals surface area contributed by atoms with Crippen molar-refractivity contribution in [1.82, 2.24) is 30.5 Å². The molecular formula is C37H39ClF3N7O5. The first-order valence-corrected chi connectivity index (χ1v) is 17.4. The van der Waals surface area contributed by atoms with Gasteiger partial charge in [0.1, 0.15) is 5.69 Å². The van der Waals surface area contributed by atoms with Crippen LogP contribution in [0, 0.1) is 0 Å². The molecule has 4 N–H and O–H groups in total. The van der Waals surface area contributed by atoms with E-state index in [4.69, 9.17) is 31.2 Å². The Labute approximate surface area is 309 Å². The number of methoxy groups -OCH3 is 2. The first kappa shape index (κ1) is 37.8. The maximum Gasteiger partial charge on any atom is 0.437 e. The molecule has 1 amide bonds. The molecule has 1 saturated heterocycles. The number of amides is 1. The van der Waals surface area contributed by atoms with Crippen LogP contribution in [0.3, 0.4) is 0 Å². The molecule has 0 radical (unpaired) electrons. The standard InChI is InChI=1S/C37H39ClF3N7O5/c1-48(19-31(50)51)18-29-36(53-3)47-34(33(44-29)37(39,40)41)45-27-14-12-23-22(6-4-7-24(23)27)25-8-5-9-26(32(25)38)28-13-10-20(35(46-28)52-2)16-42-17-21-11-15-30(49)43-21/h4-10,13,21,27,42H,11-12,14-19H2,1-3H3,(H,43,49)(H,45,47)(H,50,51)/t21-,27-/m0/s1. The van der Waals surface area contributed by atoms with Gasteiger partial charge in [0.15, 0.2) is 11.5 Å². The van der Waals surface area contributed by atoms with E-state index in [1.807, 2.05) is 48.5 Å². The molecule has 3 heterocycles. The number of hydrogen-bond acceptors (Lipinski definition) is 10. The average Bonchev–Trinajstić information content (AvgIpc) is 3.73. The number of alkyl halides is 3. The predicted molar refractivity (Wildman–Crippen MR) is 192 cm³/mol. The van der Waals surface area contributed by atoms with Gasteiger partial charge in [0, 0.05) is 48.8 Å². The van der Waals surface area contributed by atoms with E-state index >= 15 is 0 Å². The van der Waals surface area contributed by atoms with Crippen LogP contribution in [0.1, 0.15) is 53.4 Å². The lowest BCUT2D eigenvalue weighted by Crippen LogP contribution is -2.35. The molecule has 6 rings (SSSR count). The van der Waals surface area contributed by atoms with E-state index in [0.29, 0.717) is 54.5 Å². The molecule has 53 heavy (non-hydrogen) atoms. The highest BCUT2D eigenvalue weighted by Gasteiger charge is 2.39. The van der Waals surface area contributed by atoms with Gasteiger partial charge in [-0.25, -0.2) is 9.97 Å². The Morgan fingerprint density at radius 2 is 1.74 bits per heavy atom. The SMILES string of the molecule is COc1nc(-c2cccc(-c3cccc4c3CC[C@@H]4Nc3nc(OC)c(CN(C)CC(=O)O)nc3C(F)(F)F)c2Cl)ccc1CNC[C@@H]1CCC(=O)N1. The molecule has 0 bridgehead atoms. The van der Waals surface area contributed by atoms with Gasteiger partial charge in [-0.1, -0.05) is 54.1 Å². The zero-order valence-corrected chi connectivity index (χ0v) is 30.1. The van der Waals surface area contributed by atoms with Crippen molar-refractivity contribution in [3.05, 3.63) is 81.6 Å². The molecule has 2 aromatic carbocycles. The first-order valence-electron chi connectivity index (χ1n) is 17.0. The Morgan fingerprint density at radius 1 is 1.00 bits per heavy atom. The predicted octanol–water partition coefficient (Wildman–Crippen LogP) is 5.88. The number of carboxylic acid groups (broad SMARTS) is 1. The normalized spacial score (nSPS) is 16.8. The van der Waals surface area contributed by atoms with E-state index in [1.54, 1.807) is 7.11 Å². The van der Waals surface area contributed by atoms with Crippen molar-refractivity contribution in [2.45, 2.75) is 57.0 Å². The van der Waals surface area contributed by atoms with Crippen LogP contribution >= 0.6 is 11.6 Å². The Balaban J connectivity index is 1.25. The number of nitrogens with zero attached hydrogens (tertiary/aromatic N) is 4. The second kappa shape index (κ2) is 15.9. The lowest BCUT2D eigenvalue weighted by atomic mass is 9.94. The zero-order valence-electron chi connectivity index (χ0n) is 29.3. The van der Waals surface area contributed by atoms with E-state index in [2.05, 4.69) is 25.9 Å². The number of aromatic nitrogens is 3. The summed E-state index contributed by atoms with van der Waals surface area (Å²) in [5.74, 6) is -1.24. The molecule has 2 atom stereocenters. The van der Waals surface area contributed by atoms with Crippen molar-refractivity contribution < 1.29 is 37.3 Å². The summed E-state index contributed by atoms with van der Waals surface area (Å²) in [6.07, 6.45) is -2.47. The van der Waals surface area contributed by atoms with Crippen LogP contribution in [0.15, 0.2) is 48.5 Å². The number of anilines is 1. The highest BCUT2D eigenvalue weighted by molar-refractivity contribution is 6.36. The number of ether oxygens (including phenoxy) is 2. The van der Waals surface area contributed by atoms with Gasteiger partial charge in [-0.2, -0.15) is 18.2 Å². The summed E-state index contributed by atoms with van der Waals surface area (Å²) in [4.78, 5) is 36.7. The minimum Gasteiger partial charge on any atom is -0.481 e. The smallest absolute Gasteiger partial charge is 0.437 e. The third-order valence-corrected chi connectivity index (χ3v) is 9.70. The number of pyridine rings is 1. The van der Waals surface area contributed by atoms with Crippen LogP contribution in [0.4, 0.5) is 19.0 Å². The molecule has 0 unspecified atom stereocenters. The maximum atomic E-state index is 14.3. The van der Waals surface area contributed by atoms with Crippen molar-refractivity contribution in [2.75, 3.05) is 39.7 Å². The number of carbonyl (C=O) groups is 2. The number of hydrogen-bond donors (Lipinski definition) is 4. The molecule has 0 spiro atoms. The number of rotatable bonds is 14. The Hall–Kier alpha value is -4.99. The summed E-state index contributed by atoms with van der Waals surface area (Å²) in [6, 6.07) is 14.7. The van der Waals surface area contributed by atoms with Gasteiger partial charge < -0.3 is 30.5 Å². The van der Waals surface area contributed by atoms with Crippen molar-refractivity contribution in [1.29, 1.82) is 0 Å². The summed E-state index contributed by atoms with van der Waals surface area (Å²) in [5, 5.41) is 18.8. The molecule has 2 aliphatic rings. The van der Waals surface area contributed by atoms with Gasteiger partial charge in [0.25, 0.3) is 0 Å². The van der Waals surface area contributed by atoms with Gasteiger partial charge in [-0.3, -0.25) is 14.5 Å². The molecule has 12 nitrogen and oxygen atoms in total. The van der Waals surface area contributed by atoms with Gasteiger partial charge in [0.2, 0.25) is 17.7 Å². The monoisotopic (exact) mass is 753 g/mol. The third kappa shape index (κ3) is 8.47. The molecule has 280 valence electrons. The van der Waals surface area contributed by atoms with Crippen LogP contribution in [0.5, 0.6) is 11.8 Å². The van der Waals surface area contributed by atoms with Crippen LogP contribution in [0.25, 0.3) is 22.4 Å². The van der Waals surface area contributed by atoms with Crippen molar-refractivity contribution >= 4 is 29.3 Å². The largest absolute Gasteiger partial charge is 0.481 e. The zero-order chi connectivity index (χ0) is 37.9. The van der Waals surface area contributed by atoms with Gasteiger partial charge in [0.05, 0.1) is 37.5 Å². The number of carboxylic acids is 1. The van der Waals surface area contributed by atoms with E-state index in [0.717, 1.165) is 34.2 Å². The third-order valence-electron chi connectivity index (χ3n) is 9.29. The van der Waals surface area contributed by atoms with Crippen LogP contribution in [-0.4, -0.2) is 77.2 Å². The van der Waals surface area contributed by atoms with E-state index < -0.39 is 36.2 Å². The number of fused-ring (bicyclic) bond motifs is 1. The quantitative estimate of drug-likeness (QED) is 0.122. The molecule has 1 fully saturated rings. The van der Waals surface area contributed by atoms with Crippen LogP contribution in [-0.2, 0) is 35.3 Å². The van der Waals surface area contributed by atoms with E-state index in [1.165, 1.54) is 19.1 Å². The number of benzene rings is 2. The number of halogens is 4. The second-order valence-electron chi connectivity index (χ2n) is 13.0. The first-order chi connectivity index (χ1) is 25.4. The number of likely N-dealkylation sites (N-methyl/N-ethyl adjacent to an activating group) is 1. The molecule has 1 aliphatic heterocycles. The molecule has 0 saturated carbocycles. The fraction of sp³-hybridized carbons (Fsp3) is 0.378. The summed E-state index contributed by atoms with van der Waals surface area (Å²) in [5.41, 5.74) is 4.14. The molecule has 1 aliphatic carbocycles. The second-order valence-corrected chi connectivity index (χ2v) is 13.4. The van der Waals surface area contributed by atoms with Crippen LogP contribution < -0.4 is 25.4 Å². The van der Waals surface area contributed by atoms with Gasteiger partial charge in [-0.15, -0.1) is 0 Å². The number of nitrogens with one attached hydrogen (secondary N) is 3. The summed E-state index contributed by atoms with van der Waals surface area (Å²) < 4.78 is 54.0. The van der Waals surface area contributed by atoms with Crippen molar-refractivity contribution in [3.63, 3.8) is 0 Å².